The van der Waals surface area contributed by atoms with Crippen molar-refractivity contribution in [1.29, 1.82) is 0 Å². The van der Waals surface area contributed by atoms with Crippen LogP contribution in [0.15, 0.2) is 24.3 Å². The number of hydrogen-bond donors (Lipinski definition) is 2. The number of carbonyl (C=O) groups excluding carboxylic acids is 1. The number of carbonyl (C=O) groups is 2. The lowest BCUT2D eigenvalue weighted by atomic mass is 10.1. The van der Waals surface area contributed by atoms with Crippen molar-refractivity contribution < 1.29 is 23.3 Å². The summed E-state index contributed by atoms with van der Waals surface area (Å²) in [7, 11) is -1.01. The molecule has 1 rings (SSSR count). The van der Waals surface area contributed by atoms with Gasteiger partial charge in [0.25, 0.3) is 5.91 Å². The van der Waals surface area contributed by atoms with Crippen molar-refractivity contribution in [1.82, 2.24) is 5.32 Å². The second-order valence-electron chi connectivity index (χ2n) is 3.94. The van der Waals surface area contributed by atoms with E-state index in [0.717, 1.165) is 18.2 Å². The first-order chi connectivity index (χ1) is 9.40. The van der Waals surface area contributed by atoms with Gasteiger partial charge >= 0.3 is 5.97 Å². The first-order valence-electron chi connectivity index (χ1n) is 5.69. The third kappa shape index (κ3) is 5.31. The second kappa shape index (κ2) is 7.54. The Hall–Kier alpha value is -2.02. The molecule has 0 radical (unpaired) electrons. The molecule has 0 aromatic heterocycles. The Morgan fingerprint density at radius 3 is 2.70 bits per heavy atom. The van der Waals surface area contributed by atoms with Gasteiger partial charge in [-0.05, 0) is 18.2 Å². The van der Waals surface area contributed by atoms with Crippen LogP contribution in [0.4, 0.5) is 4.39 Å². The van der Waals surface area contributed by atoms with E-state index in [1.54, 1.807) is 0 Å². The first kappa shape index (κ1) is 16.0. The van der Waals surface area contributed by atoms with Gasteiger partial charge in [0.2, 0.25) is 0 Å². The highest BCUT2D eigenvalue weighted by atomic mass is 32.2. The van der Waals surface area contributed by atoms with Crippen LogP contribution in [-0.2, 0) is 15.6 Å². The van der Waals surface area contributed by atoms with Gasteiger partial charge in [-0.2, -0.15) is 0 Å². The van der Waals surface area contributed by atoms with Gasteiger partial charge in [0, 0.05) is 46.6 Å². The van der Waals surface area contributed by atoms with Crippen molar-refractivity contribution in [2.24, 2.45) is 0 Å². The Kier molecular flexibility index (Phi) is 6.05. The molecule has 0 aliphatic carbocycles. The number of amides is 1. The lowest BCUT2D eigenvalue weighted by Gasteiger charge is -2.05. The SMILES string of the molecule is CS(=O)CCNC(=O)c1ccc(/C=C/C(=O)O)c(F)c1. The molecule has 1 aromatic rings. The lowest BCUT2D eigenvalue weighted by Crippen LogP contribution is -2.27. The van der Waals surface area contributed by atoms with Gasteiger partial charge in [0.1, 0.15) is 5.82 Å². The van der Waals surface area contributed by atoms with E-state index in [0.29, 0.717) is 5.75 Å². The molecular weight excluding hydrogens is 285 g/mol. The number of nitrogens with one attached hydrogen (secondary N) is 1. The summed E-state index contributed by atoms with van der Waals surface area (Å²) in [5.41, 5.74) is 0.204. The fraction of sp³-hybridized carbons (Fsp3) is 0.231. The van der Waals surface area contributed by atoms with Gasteiger partial charge in [-0.15, -0.1) is 0 Å². The maximum absolute atomic E-state index is 13.6. The smallest absolute Gasteiger partial charge is 0.328 e. The molecule has 0 spiro atoms. The number of carboxylic acids is 1. The van der Waals surface area contributed by atoms with Gasteiger partial charge < -0.3 is 10.4 Å². The van der Waals surface area contributed by atoms with Crippen LogP contribution < -0.4 is 5.32 Å². The minimum absolute atomic E-state index is 0.0820. The fourth-order valence-electron chi connectivity index (χ4n) is 1.37. The molecule has 0 aliphatic heterocycles. The maximum atomic E-state index is 13.6. The Bertz CT molecular complexity index is 571. The molecule has 0 fully saturated rings. The molecule has 1 amide bonds. The van der Waals surface area contributed by atoms with Gasteiger partial charge in [-0.1, -0.05) is 6.07 Å². The largest absolute Gasteiger partial charge is 0.478 e. The average Bonchev–Trinajstić information content (AvgIpc) is 2.36. The monoisotopic (exact) mass is 299 g/mol. The van der Waals surface area contributed by atoms with E-state index < -0.39 is 28.5 Å². The van der Waals surface area contributed by atoms with E-state index in [1.807, 2.05) is 0 Å². The van der Waals surface area contributed by atoms with Crippen molar-refractivity contribution in [3.05, 3.63) is 41.2 Å². The van der Waals surface area contributed by atoms with Crippen LogP contribution >= 0.6 is 0 Å². The molecule has 108 valence electrons. The molecule has 1 aromatic carbocycles. The van der Waals surface area contributed by atoms with Crippen LogP contribution in [0.2, 0.25) is 0 Å². The summed E-state index contributed by atoms with van der Waals surface area (Å²) >= 11 is 0. The highest BCUT2D eigenvalue weighted by molar-refractivity contribution is 7.84. The van der Waals surface area contributed by atoms with Gasteiger partial charge in [-0.3, -0.25) is 9.00 Å². The van der Waals surface area contributed by atoms with E-state index in [2.05, 4.69) is 5.32 Å². The van der Waals surface area contributed by atoms with Gasteiger partial charge in [0.05, 0.1) is 0 Å². The summed E-state index contributed by atoms with van der Waals surface area (Å²) < 4.78 is 24.5. The third-order valence-corrected chi connectivity index (χ3v) is 3.12. The minimum atomic E-state index is -1.18. The molecule has 5 nitrogen and oxygen atoms in total. The first-order valence-corrected chi connectivity index (χ1v) is 7.41. The van der Waals surface area contributed by atoms with Crippen LogP contribution in [-0.4, -0.2) is 39.7 Å². The Labute approximate surface area is 118 Å². The third-order valence-electron chi connectivity index (χ3n) is 2.34. The number of benzene rings is 1. The van der Waals surface area contributed by atoms with Crippen molar-refractivity contribution >= 4 is 28.8 Å². The van der Waals surface area contributed by atoms with Gasteiger partial charge in [0.15, 0.2) is 0 Å². The van der Waals surface area contributed by atoms with Gasteiger partial charge in [-0.25, -0.2) is 9.18 Å². The summed E-state index contributed by atoms with van der Waals surface area (Å²) in [6.45, 7) is 0.240. The molecule has 1 unspecified atom stereocenters. The van der Waals surface area contributed by atoms with E-state index >= 15 is 0 Å². The van der Waals surface area contributed by atoms with E-state index in [9.17, 15) is 18.2 Å². The number of carboxylic acid groups (broad SMARTS) is 1. The molecule has 7 heteroatoms. The van der Waals surface area contributed by atoms with Crippen LogP contribution in [0.1, 0.15) is 15.9 Å². The zero-order chi connectivity index (χ0) is 15.1. The number of hydrogen-bond acceptors (Lipinski definition) is 3. The van der Waals surface area contributed by atoms with E-state index in [-0.39, 0.29) is 17.7 Å². The molecule has 0 saturated carbocycles. The number of aliphatic carboxylic acids is 1. The molecule has 0 saturated heterocycles. The molecule has 0 heterocycles. The molecule has 0 aliphatic rings. The summed E-state index contributed by atoms with van der Waals surface area (Å²) in [6.07, 6.45) is 3.45. The normalized spacial score (nSPS) is 12.3. The summed E-state index contributed by atoms with van der Waals surface area (Å²) in [5, 5.41) is 11.0. The maximum Gasteiger partial charge on any atom is 0.328 e. The zero-order valence-corrected chi connectivity index (χ0v) is 11.6. The molecule has 20 heavy (non-hydrogen) atoms. The zero-order valence-electron chi connectivity index (χ0n) is 10.8. The van der Waals surface area contributed by atoms with Crippen LogP contribution in [0, 0.1) is 5.82 Å². The Morgan fingerprint density at radius 2 is 2.15 bits per heavy atom. The summed E-state index contributed by atoms with van der Waals surface area (Å²) in [4.78, 5) is 22.0. The number of rotatable bonds is 6. The topological polar surface area (TPSA) is 83.5 Å². The van der Waals surface area contributed by atoms with E-state index in [1.165, 1.54) is 18.4 Å². The van der Waals surface area contributed by atoms with Crippen LogP contribution in [0.5, 0.6) is 0 Å². The predicted octanol–water partition coefficient (Wildman–Crippen LogP) is 1.03. The summed E-state index contributed by atoms with van der Waals surface area (Å²) in [6, 6.07) is 3.74. The number of halogens is 1. The molecule has 1 atom stereocenters. The average molecular weight is 299 g/mol. The van der Waals surface area contributed by atoms with Crippen molar-refractivity contribution in [2.45, 2.75) is 0 Å². The quantitative estimate of drug-likeness (QED) is 0.769. The summed E-state index contributed by atoms with van der Waals surface area (Å²) in [5.74, 6) is -2.01. The molecule has 0 bridgehead atoms. The predicted molar refractivity (Wildman–Crippen MR) is 74.3 cm³/mol. The lowest BCUT2D eigenvalue weighted by molar-refractivity contribution is -0.131. The second-order valence-corrected chi connectivity index (χ2v) is 5.50. The van der Waals surface area contributed by atoms with Crippen molar-refractivity contribution in [3.8, 4) is 0 Å². The van der Waals surface area contributed by atoms with Crippen molar-refractivity contribution in [2.75, 3.05) is 18.6 Å². The minimum Gasteiger partial charge on any atom is -0.478 e. The standard InChI is InChI=1S/C13H14FNO4S/c1-20(19)7-6-15-13(18)10-3-2-9(11(14)8-10)4-5-12(16)17/h2-5,8H,6-7H2,1H3,(H,15,18)(H,16,17)/b5-4+. The Balaban J connectivity index is 2.73. The van der Waals surface area contributed by atoms with Crippen LogP contribution in [0.25, 0.3) is 6.08 Å². The molecular formula is C13H14FNO4S. The Morgan fingerprint density at radius 1 is 1.45 bits per heavy atom. The fourth-order valence-corrected chi connectivity index (χ4v) is 1.76. The highest BCUT2D eigenvalue weighted by Gasteiger charge is 2.08. The van der Waals surface area contributed by atoms with Crippen LogP contribution in [0.3, 0.4) is 0 Å². The highest BCUT2D eigenvalue weighted by Crippen LogP contribution is 2.12. The van der Waals surface area contributed by atoms with E-state index in [4.69, 9.17) is 5.11 Å². The molecule has 2 N–H and O–H groups in total. The van der Waals surface area contributed by atoms with Crippen molar-refractivity contribution in [3.63, 3.8) is 0 Å².